The zero-order valence-electron chi connectivity index (χ0n) is 11.5. The fourth-order valence-corrected chi connectivity index (χ4v) is 3.50. The third-order valence-corrected chi connectivity index (χ3v) is 4.78. The van der Waals surface area contributed by atoms with E-state index >= 15 is 0 Å². The molecule has 0 spiro atoms. The van der Waals surface area contributed by atoms with Gasteiger partial charge in [0.15, 0.2) is 0 Å². The number of carboxylic acids is 1. The maximum atomic E-state index is 11.7. The summed E-state index contributed by atoms with van der Waals surface area (Å²) in [5.41, 5.74) is 0. The number of nitrogens with zero attached hydrogens (tertiary/aromatic N) is 1. The van der Waals surface area contributed by atoms with Crippen LogP contribution in [-0.4, -0.2) is 55.8 Å². The van der Waals surface area contributed by atoms with Crippen molar-refractivity contribution in [2.24, 2.45) is 0 Å². The van der Waals surface area contributed by atoms with Crippen LogP contribution in [0, 0.1) is 0 Å². The number of piperidine rings is 1. The van der Waals surface area contributed by atoms with Crippen LogP contribution in [-0.2, 0) is 14.8 Å². The molecule has 0 unspecified atom stereocenters. The Bertz CT molecular complexity index is 375. The molecule has 0 amide bonds. The number of nitrogens with one attached hydrogen (secondary N) is 1. The van der Waals surface area contributed by atoms with Gasteiger partial charge in [0, 0.05) is 6.04 Å². The predicted octanol–water partition coefficient (Wildman–Crippen LogP) is 0.645. The van der Waals surface area contributed by atoms with Gasteiger partial charge < -0.3 is 10.0 Å². The largest absolute Gasteiger partial charge is 0.481 e. The average Bonchev–Trinajstić information content (AvgIpc) is 2.35. The number of carboxylic acid groups (broad SMARTS) is 1. The van der Waals surface area contributed by atoms with Crippen molar-refractivity contribution < 1.29 is 18.3 Å². The van der Waals surface area contributed by atoms with Crippen LogP contribution in [0.1, 0.15) is 39.0 Å². The van der Waals surface area contributed by atoms with Gasteiger partial charge in [-0.1, -0.05) is 13.3 Å². The summed E-state index contributed by atoms with van der Waals surface area (Å²) >= 11 is 0. The molecule has 0 aromatic heterocycles. The third kappa shape index (κ3) is 6.89. The lowest BCUT2D eigenvalue weighted by atomic mass is 10.1. The van der Waals surface area contributed by atoms with Crippen molar-refractivity contribution in [2.75, 3.05) is 25.4 Å². The first-order chi connectivity index (χ1) is 8.93. The zero-order chi connectivity index (χ0) is 14.3. The van der Waals surface area contributed by atoms with Gasteiger partial charge in [0.05, 0.1) is 12.2 Å². The van der Waals surface area contributed by atoms with Gasteiger partial charge in [0.25, 0.3) is 0 Å². The molecule has 1 saturated heterocycles. The van der Waals surface area contributed by atoms with Crippen molar-refractivity contribution in [3.8, 4) is 0 Å². The maximum Gasteiger partial charge on any atom is 0.304 e. The van der Waals surface area contributed by atoms with Gasteiger partial charge in [-0.05, 0) is 38.9 Å². The lowest BCUT2D eigenvalue weighted by Gasteiger charge is -2.32. The zero-order valence-corrected chi connectivity index (χ0v) is 12.3. The Morgan fingerprint density at radius 3 is 2.53 bits per heavy atom. The predicted molar refractivity (Wildman–Crippen MR) is 73.5 cm³/mol. The second-order valence-corrected chi connectivity index (χ2v) is 6.92. The number of carbonyl (C=O) groups is 1. The van der Waals surface area contributed by atoms with E-state index in [9.17, 15) is 13.2 Å². The van der Waals surface area contributed by atoms with Gasteiger partial charge in [0.1, 0.15) is 0 Å². The van der Waals surface area contributed by atoms with E-state index in [4.69, 9.17) is 5.11 Å². The molecule has 1 heterocycles. The summed E-state index contributed by atoms with van der Waals surface area (Å²) < 4.78 is 25.9. The Kier molecular flexibility index (Phi) is 6.74. The molecule has 112 valence electrons. The van der Waals surface area contributed by atoms with Crippen LogP contribution in [0.25, 0.3) is 0 Å². The fraction of sp³-hybridized carbons (Fsp3) is 0.917. The Labute approximate surface area is 115 Å². The van der Waals surface area contributed by atoms with Gasteiger partial charge in [-0.3, -0.25) is 4.79 Å². The van der Waals surface area contributed by atoms with E-state index in [-0.39, 0.29) is 18.2 Å². The van der Waals surface area contributed by atoms with Gasteiger partial charge in [-0.15, -0.1) is 0 Å². The van der Waals surface area contributed by atoms with Crippen LogP contribution in [0.2, 0.25) is 0 Å². The normalized spacial score (nSPS) is 18.6. The second kappa shape index (κ2) is 7.81. The molecule has 6 nitrogen and oxygen atoms in total. The number of aliphatic carboxylic acids is 1. The molecule has 1 aliphatic rings. The topological polar surface area (TPSA) is 86.7 Å². The molecule has 0 atom stereocenters. The smallest absolute Gasteiger partial charge is 0.304 e. The van der Waals surface area contributed by atoms with Crippen molar-refractivity contribution in [3.63, 3.8) is 0 Å². The highest BCUT2D eigenvalue weighted by atomic mass is 32.2. The van der Waals surface area contributed by atoms with Gasteiger partial charge in [-0.25, -0.2) is 13.1 Å². The van der Waals surface area contributed by atoms with E-state index < -0.39 is 16.0 Å². The average molecular weight is 292 g/mol. The first-order valence-corrected chi connectivity index (χ1v) is 8.52. The SMILES string of the molecule is CCCCN1CCC(NS(=O)(=O)CCC(=O)O)CC1. The number of likely N-dealkylation sites (tertiary alicyclic amines) is 1. The van der Waals surface area contributed by atoms with Gasteiger partial charge in [0.2, 0.25) is 10.0 Å². The highest BCUT2D eigenvalue weighted by molar-refractivity contribution is 7.89. The molecule has 1 fully saturated rings. The van der Waals surface area contributed by atoms with Crippen molar-refractivity contribution in [1.29, 1.82) is 0 Å². The number of sulfonamides is 1. The molecule has 0 radical (unpaired) electrons. The Hall–Kier alpha value is -0.660. The summed E-state index contributed by atoms with van der Waals surface area (Å²) in [6, 6.07) is -0.0447. The summed E-state index contributed by atoms with van der Waals surface area (Å²) in [4.78, 5) is 12.7. The van der Waals surface area contributed by atoms with Crippen LogP contribution in [0.4, 0.5) is 0 Å². The van der Waals surface area contributed by atoms with E-state index in [2.05, 4.69) is 16.5 Å². The fourth-order valence-electron chi connectivity index (χ4n) is 2.19. The highest BCUT2D eigenvalue weighted by Gasteiger charge is 2.23. The summed E-state index contributed by atoms with van der Waals surface area (Å²) in [7, 11) is -3.46. The van der Waals surface area contributed by atoms with Crippen molar-refractivity contribution in [1.82, 2.24) is 9.62 Å². The van der Waals surface area contributed by atoms with E-state index in [0.717, 1.165) is 32.5 Å². The van der Waals surface area contributed by atoms with Crippen LogP contribution < -0.4 is 4.72 Å². The van der Waals surface area contributed by atoms with E-state index in [0.29, 0.717) is 0 Å². The number of hydrogen-bond donors (Lipinski definition) is 2. The lowest BCUT2D eigenvalue weighted by Crippen LogP contribution is -2.45. The van der Waals surface area contributed by atoms with Gasteiger partial charge >= 0.3 is 5.97 Å². The maximum absolute atomic E-state index is 11.7. The second-order valence-electron chi connectivity index (χ2n) is 5.05. The highest BCUT2D eigenvalue weighted by Crippen LogP contribution is 2.12. The summed E-state index contributed by atoms with van der Waals surface area (Å²) in [5.74, 6) is -1.42. The molecule has 7 heteroatoms. The van der Waals surface area contributed by atoms with Crippen LogP contribution in [0.5, 0.6) is 0 Å². The van der Waals surface area contributed by atoms with Crippen LogP contribution >= 0.6 is 0 Å². The minimum atomic E-state index is -3.46. The van der Waals surface area contributed by atoms with E-state index in [1.807, 2.05) is 0 Å². The molecule has 2 N–H and O–H groups in total. The molecule has 1 rings (SSSR count). The molecule has 0 aromatic rings. The van der Waals surface area contributed by atoms with E-state index in [1.54, 1.807) is 0 Å². The Balaban J connectivity index is 2.30. The number of hydrogen-bond acceptors (Lipinski definition) is 4. The van der Waals surface area contributed by atoms with Crippen molar-refractivity contribution in [3.05, 3.63) is 0 Å². The molecule has 1 aliphatic heterocycles. The first-order valence-electron chi connectivity index (χ1n) is 6.87. The quantitative estimate of drug-likeness (QED) is 0.686. The van der Waals surface area contributed by atoms with Crippen molar-refractivity contribution in [2.45, 2.75) is 45.1 Å². The molecular formula is C12H24N2O4S. The minimum absolute atomic E-state index is 0.0447. The molecular weight excluding hydrogens is 268 g/mol. The standard InChI is InChI=1S/C12H24N2O4S/c1-2-3-7-14-8-4-11(5-9-14)13-19(17,18)10-6-12(15)16/h11,13H,2-10H2,1H3,(H,15,16). The monoisotopic (exact) mass is 292 g/mol. The number of unbranched alkanes of at least 4 members (excludes halogenated alkanes) is 1. The van der Waals surface area contributed by atoms with Crippen LogP contribution in [0.15, 0.2) is 0 Å². The number of rotatable bonds is 8. The summed E-state index contributed by atoms with van der Waals surface area (Å²) in [6.45, 7) is 5.05. The Morgan fingerprint density at radius 2 is 2.00 bits per heavy atom. The van der Waals surface area contributed by atoms with Crippen LogP contribution in [0.3, 0.4) is 0 Å². The third-order valence-electron chi connectivity index (χ3n) is 3.35. The van der Waals surface area contributed by atoms with E-state index in [1.165, 1.54) is 12.8 Å². The lowest BCUT2D eigenvalue weighted by molar-refractivity contribution is -0.136. The first kappa shape index (κ1) is 16.4. The molecule has 0 bridgehead atoms. The molecule has 0 saturated carbocycles. The summed E-state index contributed by atoms with van der Waals surface area (Å²) in [5, 5.41) is 8.50. The molecule has 0 aliphatic carbocycles. The summed E-state index contributed by atoms with van der Waals surface area (Å²) in [6.07, 6.45) is 3.60. The van der Waals surface area contributed by atoms with Crippen molar-refractivity contribution >= 4 is 16.0 Å². The van der Waals surface area contributed by atoms with Gasteiger partial charge in [-0.2, -0.15) is 0 Å². The Morgan fingerprint density at radius 1 is 1.37 bits per heavy atom. The molecule has 19 heavy (non-hydrogen) atoms. The minimum Gasteiger partial charge on any atom is -0.481 e. The molecule has 0 aromatic carbocycles.